The molecule has 0 fully saturated rings. The zero-order chi connectivity index (χ0) is 15.0. The van der Waals surface area contributed by atoms with Gasteiger partial charge in [-0.05, 0) is 18.2 Å². The van der Waals surface area contributed by atoms with E-state index in [9.17, 15) is 18.7 Å². The highest BCUT2D eigenvalue weighted by atomic mass is 19.1. The van der Waals surface area contributed by atoms with Crippen molar-refractivity contribution in [1.82, 2.24) is 9.97 Å². The van der Waals surface area contributed by atoms with Gasteiger partial charge in [0.25, 0.3) is 0 Å². The van der Waals surface area contributed by atoms with Crippen molar-refractivity contribution in [3.8, 4) is 11.3 Å². The highest BCUT2D eigenvalue weighted by molar-refractivity contribution is 6.04. The van der Waals surface area contributed by atoms with Crippen LogP contribution in [0.15, 0.2) is 42.7 Å². The monoisotopic (exact) mass is 286 g/mol. The predicted octanol–water partition coefficient (Wildman–Crippen LogP) is 3.27. The molecule has 0 aliphatic carbocycles. The minimum atomic E-state index is -1.30. The van der Waals surface area contributed by atoms with Crippen molar-refractivity contribution in [3.05, 3.63) is 59.9 Å². The lowest BCUT2D eigenvalue weighted by Crippen LogP contribution is -2.02. The van der Waals surface area contributed by atoms with Gasteiger partial charge >= 0.3 is 5.97 Å². The van der Waals surface area contributed by atoms with E-state index in [-0.39, 0.29) is 16.5 Å². The lowest BCUT2D eigenvalue weighted by atomic mass is 10.0. The molecule has 0 bridgehead atoms. The van der Waals surface area contributed by atoms with Crippen LogP contribution >= 0.6 is 0 Å². The third-order valence-electron chi connectivity index (χ3n) is 3.03. The first-order valence-electron chi connectivity index (χ1n) is 6.00. The fourth-order valence-corrected chi connectivity index (χ4v) is 2.12. The second kappa shape index (κ2) is 4.90. The number of aromatic carboxylic acids is 1. The van der Waals surface area contributed by atoms with E-state index >= 15 is 0 Å². The summed E-state index contributed by atoms with van der Waals surface area (Å²) in [5.41, 5.74) is 0.620. The molecule has 104 valence electrons. The van der Waals surface area contributed by atoms with E-state index in [1.165, 1.54) is 18.5 Å². The number of halogens is 2. The van der Waals surface area contributed by atoms with Gasteiger partial charge in [0.1, 0.15) is 11.6 Å². The van der Waals surface area contributed by atoms with Crippen molar-refractivity contribution in [2.75, 3.05) is 0 Å². The van der Waals surface area contributed by atoms with Crippen LogP contribution in [-0.4, -0.2) is 21.0 Å². The van der Waals surface area contributed by atoms with E-state index in [0.29, 0.717) is 17.3 Å². The molecule has 0 aliphatic rings. The number of benzene rings is 1. The van der Waals surface area contributed by atoms with Crippen LogP contribution in [0.1, 0.15) is 10.4 Å². The third kappa shape index (κ3) is 2.31. The van der Waals surface area contributed by atoms with Gasteiger partial charge in [0.05, 0.1) is 22.2 Å². The minimum Gasteiger partial charge on any atom is -0.478 e. The Morgan fingerprint density at radius 3 is 2.48 bits per heavy atom. The van der Waals surface area contributed by atoms with Gasteiger partial charge in [-0.2, -0.15) is 0 Å². The first kappa shape index (κ1) is 13.1. The predicted molar refractivity (Wildman–Crippen MR) is 71.8 cm³/mol. The fourth-order valence-electron chi connectivity index (χ4n) is 2.12. The number of aromatic nitrogens is 2. The van der Waals surface area contributed by atoms with E-state index in [2.05, 4.69) is 9.97 Å². The van der Waals surface area contributed by atoms with Crippen molar-refractivity contribution < 1.29 is 18.7 Å². The summed E-state index contributed by atoms with van der Waals surface area (Å²) in [5, 5.41) is 9.04. The Bertz CT molecular complexity index is 851. The summed E-state index contributed by atoms with van der Waals surface area (Å²) in [6.45, 7) is 0. The van der Waals surface area contributed by atoms with Crippen molar-refractivity contribution >= 4 is 16.9 Å². The molecule has 21 heavy (non-hydrogen) atoms. The van der Waals surface area contributed by atoms with Gasteiger partial charge in [-0.25, -0.2) is 18.6 Å². The maximum atomic E-state index is 13.8. The molecule has 0 amide bonds. The van der Waals surface area contributed by atoms with E-state index in [1.807, 2.05) is 0 Å². The summed E-state index contributed by atoms with van der Waals surface area (Å²) in [7, 11) is 0. The summed E-state index contributed by atoms with van der Waals surface area (Å²) in [6.07, 6.45) is 3.04. The van der Waals surface area contributed by atoms with Crippen LogP contribution in [0, 0.1) is 11.6 Å². The van der Waals surface area contributed by atoms with Gasteiger partial charge in [0, 0.05) is 30.1 Å². The number of carbonyl (C=O) groups is 1. The summed E-state index contributed by atoms with van der Waals surface area (Å²) in [5.74, 6) is -3.06. The fraction of sp³-hybridized carbons (Fsp3) is 0. The van der Waals surface area contributed by atoms with Crippen LogP contribution < -0.4 is 0 Å². The summed E-state index contributed by atoms with van der Waals surface area (Å²) < 4.78 is 27.2. The van der Waals surface area contributed by atoms with Crippen LogP contribution in [0.4, 0.5) is 8.78 Å². The number of carboxylic acids is 1. The quantitative estimate of drug-likeness (QED) is 0.785. The maximum Gasteiger partial charge on any atom is 0.336 e. The SMILES string of the molecule is O=C(O)c1cc(-c2ccncc2)nc2cc(F)cc(F)c12. The molecule has 1 N–H and O–H groups in total. The highest BCUT2D eigenvalue weighted by Crippen LogP contribution is 2.27. The Labute approximate surface area is 117 Å². The number of hydrogen-bond donors (Lipinski definition) is 1. The molecule has 1 aromatic carbocycles. The van der Waals surface area contributed by atoms with E-state index in [0.717, 1.165) is 6.07 Å². The molecule has 0 saturated heterocycles. The number of fused-ring (bicyclic) bond motifs is 1. The number of hydrogen-bond acceptors (Lipinski definition) is 3. The van der Waals surface area contributed by atoms with Gasteiger partial charge < -0.3 is 5.11 Å². The number of carboxylic acid groups (broad SMARTS) is 1. The normalized spacial score (nSPS) is 10.8. The van der Waals surface area contributed by atoms with Crippen molar-refractivity contribution in [2.45, 2.75) is 0 Å². The molecule has 0 spiro atoms. The van der Waals surface area contributed by atoms with Crippen LogP contribution in [0.2, 0.25) is 0 Å². The molecule has 0 saturated carbocycles. The van der Waals surface area contributed by atoms with Gasteiger partial charge in [0.15, 0.2) is 0 Å². The average molecular weight is 286 g/mol. The van der Waals surface area contributed by atoms with Crippen molar-refractivity contribution in [1.29, 1.82) is 0 Å². The topological polar surface area (TPSA) is 63.1 Å². The van der Waals surface area contributed by atoms with E-state index in [1.54, 1.807) is 12.1 Å². The van der Waals surface area contributed by atoms with Crippen LogP contribution in [0.5, 0.6) is 0 Å². The molecule has 0 unspecified atom stereocenters. The van der Waals surface area contributed by atoms with Crippen LogP contribution in [-0.2, 0) is 0 Å². The summed E-state index contributed by atoms with van der Waals surface area (Å²) in [4.78, 5) is 19.3. The average Bonchev–Trinajstić information content (AvgIpc) is 2.46. The van der Waals surface area contributed by atoms with E-state index < -0.39 is 17.6 Å². The Hall–Kier alpha value is -2.89. The first-order chi connectivity index (χ1) is 10.1. The summed E-state index contributed by atoms with van der Waals surface area (Å²) in [6, 6.07) is 6.18. The second-order valence-electron chi connectivity index (χ2n) is 4.38. The zero-order valence-electron chi connectivity index (χ0n) is 10.5. The van der Waals surface area contributed by atoms with Crippen LogP contribution in [0.25, 0.3) is 22.2 Å². The lowest BCUT2D eigenvalue weighted by Gasteiger charge is -2.08. The third-order valence-corrected chi connectivity index (χ3v) is 3.03. The molecule has 2 heterocycles. The molecular weight excluding hydrogens is 278 g/mol. The summed E-state index contributed by atoms with van der Waals surface area (Å²) >= 11 is 0. The Balaban J connectivity index is 2.38. The maximum absolute atomic E-state index is 13.8. The van der Waals surface area contributed by atoms with Gasteiger partial charge in [0.2, 0.25) is 0 Å². The molecule has 3 aromatic rings. The Morgan fingerprint density at radius 2 is 1.81 bits per heavy atom. The molecule has 6 heteroatoms. The smallest absolute Gasteiger partial charge is 0.336 e. The molecule has 3 rings (SSSR count). The Morgan fingerprint density at radius 1 is 1.10 bits per heavy atom. The zero-order valence-corrected chi connectivity index (χ0v) is 10.5. The standard InChI is InChI=1S/C15H8F2N2O2/c16-9-5-11(17)14-10(15(20)21)7-12(19-13(14)6-9)8-1-3-18-4-2-8/h1-7H,(H,20,21). The molecule has 0 radical (unpaired) electrons. The number of rotatable bonds is 2. The molecule has 0 atom stereocenters. The van der Waals surface area contributed by atoms with Crippen molar-refractivity contribution in [3.63, 3.8) is 0 Å². The lowest BCUT2D eigenvalue weighted by molar-refractivity contribution is 0.0698. The highest BCUT2D eigenvalue weighted by Gasteiger charge is 2.17. The molecule has 0 aliphatic heterocycles. The van der Waals surface area contributed by atoms with Gasteiger partial charge in [-0.3, -0.25) is 4.98 Å². The largest absolute Gasteiger partial charge is 0.478 e. The van der Waals surface area contributed by atoms with Gasteiger partial charge in [-0.1, -0.05) is 0 Å². The van der Waals surface area contributed by atoms with Gasteiger partial charge in [-0.15, -0.1) is 0 Å². The Kier molecular flexibility index (Phi) is 3.06. The molecular formula is C15H8F2N2O2. The molecule has 4 nitrogen and oxygen atoms in total. The molecule has 2 aromatic heterocycles. The van der Waals surface area contributed by atoms with Crippen LogP contribution in [0.3, 0.4) is 0 Å². The number of pyridine rings is 2. The number of nitrogens with zero attached hydrogens (tertiary/aromatic N) is 2. The van der Waals surface area contributed by atoms with Crippen molar-refractivity contribution in [2.24, 2.45) is 0 Å². The first-order valence-corrected chi connectivity index (χ1v) is 6.00. The second-order valence-corrected chi connectivity index (χ2v) is 4.38. The van der Waals surface area contributed by atoms with E-state index in [4.69, 9.17) is 0 Å². The minimum absolute atomic E-state index is 0.0424.